The van der Waals surface area contributed by atoms with E-state index in [0.717, 1.165) is 36.6 Å². The Balaban J connectivity index is 0.000000507. The molecule has 1 fully saturated rings. The smallest absolute Gasteiger partial charge is 0.328 e. The molecule has 41 heavy (non-hydrogen) atoms. The molecule has 1 heterocycles. The first-order valence-electron chi connectivity index (χ1n) is 13.4. The summed E-state index contributed by atoms with van der Waals surface area (Å²) in [7, 11) is 0.423. The summed E-state index contributed by atoms with van der Waals surface area (Å²) in [5.74, 6) is -1.65. The summed E-state index contributed by atoms with van der Waals surface area (Å²) in [4.78, 5) is 21.0. The van der Waals surface area contributed by atoms with Gasteiger partial charge < -0.3 is 25.2 Å². The number of benzene rings is 2. The highest BCUT2D eigenvalue weighted by atomic mass is 35.5. The van der Waals surface area contributed by atoms with E-state index in [1.165, 1.54) is 23.1 Å². The molecule has 1 aliphatic heterocycles. The van der Waals surface area contributed by atoms with E-state index in [1.807, 2.05) is 37.2 Å². The summed E-state index contributed by atoms with van der Waals surface area (Å²) in [6.45, 7) is 2.00. The summed E-state index contributed by atoms with van der Waals surface area (Å²) < 4.78 is 32.7. The van der Waals surface area contributed by atoms with E-state index in [0.29, 0.717) is 25.3 Å². The molecule has 4 rings (SSSR count). The Kier molecular flexibility index (Phi) is 11.7. The maximum Gasteiger partial charge on any atom is 0.328 e. The van der Waals surface area contributed by atoms with Crippen molar-refractivity contribution in [2.45, 2.75) is 37.1 Å². The van der Waals surface area contributed by atoms with E-state index in [2.05, 4.69) is 34.3 Å². The molecule has 1 aliphatic carbocycles. The first-order chi connectivity index (χ1) is 19.4. The molecular formula is C29H38ClN3O7S. The molecule has 2 aromatic carbocycles. The quantitative estimate of drug-likeness (QED) is 0.211. The van der Waals surface area contributed by atoms with E-state index in [9.17, 15) is 18.0 Å². The Morgan fingerprint density at radius 2 is 1.78 bits per heavy atom. The Labute approximate surface area is 246 Å². The van der Waals surface area contributed by atoms with Gasteiger partial charge in [0.25, 0.3) is 0 Å². The lowest BCUT2D eigenvalue weighted by Crippen LogP contribution is -2.49. The van der Waals surface area contributed by atoms with Crippen molar-refractivity contribution in [3.8, 4) is 5.75 Å². The largest absolute Gasteiger partial charge is 0.492 e. The Bertz CT molecular complexity index is 1310. The number of hydrogen-bond acceptors (Lipinski definition) is 7. The fourth-order valence-electron chi connectivity index (χ4n) is 5.08. The van der Waals surface area contributed by atoms with Gasteiger partial charge in [0, 0.05) is 41.7 Å². The van der Waals surface area contributed by atoms with Crippen molar-refractivity contribution in [1.82, 2.24) is 14.9 Å². The first-order valence-corrected chi connectivity index (χ1v) is 15.5. The molecule has 10 nitrogen and oxygen atoms in total. The molecule has 1 saturated carbocycles. The second-order valence-corrected chi connectivity index (χ2v) is 12.8. The van der Waals surface area contributed by atoms with Crippen LogP contribution >= 0.6 is 11.6 Å². The summed E-state index contributed by atoms with van der Waals surface area (Å²) in [6.07, 6.45) is 5.62. The number of carbonyl (C=O) groups is 2. The van der Waals surface area contributed by atoms with Gasteiger partial charge >= 0.3 is 11.9 Å². The molecule has 0 spiro atoms. The van der Waals surface area contributed by atoms with Crippen molar-refractivity contribution in [2.24, 2.45) is 0 Å². The number of sulfonamides is 1. The van der Waals surface area contributed by atoms with E-state index in [1.54, 1.807) is 0 Å². The number of nitrogens with one attached hydrogen (secondary N) is 2. The first kappa shape index (κ1) is 32.6. The molecule has 224 valence electrons. The van der Waals surface area contributed by atoms with Crippen LogP contribution in [0.5, 0.6) is 5.75 Å². The normalized spacial score (nSPS) is 17.7. The predicted molar refractivity (Wildman–Crippen MR) is 158 cm³/mol. The van der Waals surface area contributed by atoms with Gasteiger partial charge in [-0.2, -0.15) is 0 Å². The number of rotatable bonds is 12. The van der Waals surface area contributed by atoms with Crippen LogP contribution in [0.1, 0.15) is 42.0 Å². The van der Waals surface area contributed by atoms with Crippen LogP contribution in [0, 0.1) is 0 Å². The summed E-state index contributed by atoms with van der Waals surface area (Å²) in [6, 6.07) is 14.8. The Morgan fingerprint density at radius 3 is 2.34 bits per heavy atom. The zero-order valence-electron chi connectivity index (χ0n) is 23.3. The van der Waals surface area contributed by atoms with Crippen LogP contribution in [0.3, 0.4) is 0 Å². The number of ether oxygens (including phenoxy) is 1. The summed E-state index contributed by atoms with van der Waals surface area (Å²) in [5.41, 5.74) is 4.05. The van der Waals surface area contributed by atoms with Crippen LogP contribution in [0.4, 0.5) is 0 Å². The second-order valence-electron chi connectivity index (χ2n) is 10.4. The SMILES string of the molecule is CN(C)CCS(=O)(=O)NCCOc1ccc2c(c1)C(C1(c3ccc(Cl)cc3)CCC1)NCC2.O=C(O)C=CC(=O)O. The van der Waals surface area contributed by atoms with Crippen LogP contribution in [0.25, 0.3) is 0 Å². The molecular weight excluding hydrogens is 570 g/mol. The number of halogens is 1. The van der Waals surface area contributed by atoms with Gasteiger partial charge in [-0.25, -0.2) is 22.7 Å². The number of nitrogens with zero attached hydrogens (tertiary/aromatic N) is 1. The van der Waals surface area contributed by atoms with Gasteiger partial charge in [-0.05, 0) is 80.9 Å². The standard InChI is InChI=1S/C25H34ClN3O3S.C4H4O4/c1-29(2)15-17-33(30,31)28-14-16-32-22-9-4-19-10-13-27-24(23(19)18-22)25(11-3-12-25)20-5-7-21(26)8-6-20;5-3(6)1-2-4(7)8/h4-9,18,24,27-28H,3,10-17H2,1-2H3;1-2H,(H,5,6)(H,7,8). The van der Waals surface area contributed by atoms with Crippen LogP contribution in [0.2, 0.25) is 5.02 Å². The average molecular weight is 608 g/mol. The molecule has 4 N–H and O–H groups in total. The van der Waals surface area contributed by atoms with Crippen molar-refractivity contribution in [3.63, 3.8) is 0 Å². The predicted octanol–water partition coefficient (Wildman–Crippen LogP) is 3.22. The van der Waals surface area contributed by atoms with E-state index < -0.39 is 22.0 Å². The minimum Gasteiger partial charge on any atom is -0.492 e. The van der Waals surface area contributed by atoms with Crippen LogP contribution in [-0.4, -0.2) is 81.6 Å². The second kappa shape index (κ2) is 14.8. The van der Waals surface area contributed by atoms with Gasteiger partial charge in [0.15, 0.2) is 0 Å². The molecule has 0 radical (unpaired) electrons. The fraction of sp³-hybridized carbons (Fsp3) is 0.448. The van der Waals surface area contributed by atoms with Gasteiger partial charge in [0.2, 0.25) is 10.0 Å². The molecule has 0 aromatic heterocycles. The third-order valence-corrected chi connectivity index (χ3v) is 8.87. The lowest BCUT2D eigenvalue weighted by molar-refractivity contribution is -0.134. The Morgan fingerprint density at radius 1 is 1.12 bits per heavy atom. The van der Waals surface area contributed by atoms with Crippen molar-refractivity contribution in [1.29, 1.82) is 0 Å². The van der Waals surface area contributed by atoms with Crippen LogP contribution in [0.15, 0.2) is 54.6 Å². The zero-order chi connectivity index (χ0) is 30.0. The fourth-order valence-corrected chi connectivity index (χ4v) is 6.35. The third kappa shape index (κ3) is 9.54. The van der Waals surface area contributed by atoms with Gasteiger partial charge in [0.1, 0.15) is 12.4 Å². The van der Waals surface area contributed by atoms with Crippen molar-refractivity contribution < 1.29 is 33.0 Å². The molecule has 12 heteroatoms. The number of aliphatic carboxylic acids is 2. The van der Waals surface area contributed by atoms with Crippen LogP contribution < -0.4 is 14.8 Å². The van der Waals surface area contributed by atoms with Gasteiger partial charge in [-0.1, -0.05) is 36.2 Å². The molecule has 0 amide bonds. The molecule has 2 aliphatic rings. The molecule has 0 saturated heterocycles. The summed E-state index contributed by atoms with van der Waals surface area (Å²) in [5, 5.41) is 20.2. The molecule has 1 atom stereocenters. The highest BCUT2D eigenvalue weighted by Crippen LogP contribution is 2.53. The van der Waals surface area contributed by atoms with Crippen LogP contribution in [-0.2, 0) is 31.4 Å². The van der Waals surface area contributed by atoms with E-state index in [-0.39, 0.29) is 23.8 Å². The third-order valence-electron chi connectivity index (χ3n) is 7.26. The highest BCUT2D eigenvalue weighted by molar-refractivity contribution is 7.89. The summed E-state index contributed by atoms with van der Waals surface area (Å²) >= 11 is 6.15. The molecule has 0 bridgehead atoms. The Hall–Kier alpha value is -2.96. The molecule has 1 unspecified atom stereocenters. The van der Waals surface area contributed by atoms with Crippen molar-refractivity contribution in [3.05, 3.63) is 76.3 Å². The zero-order valence-corrected chi connectivity index (χ0v) is 24.9. The lowest BCUT2D eigenvalue weighted by atomic mass is 9.58. The molecule has 2 aromatic rings. The van der Waals surface area contributed by atoms with Crippen molar-refractivity contribution >= 4 is 33.6 Å². The lowest BCUT2D eigenvalue weighted by Gasteiger charge is -2.50. The van der Waals surface area contributed by atoms with Gasteiger partial charge in [0.05, 0.1) is 5.75 Å². The minimum absolute atomic E-state index is 0.0699. The maximum atomic E-state index is 12.1. The van der Waals surface area contributed by atoms with E-state index >= 15 is 0 Å². The van der Waals surface area contributed by atoms with Crippen molar-refractivity contribution in [2.75, 3.05) is 46.1 Å². The number of carboxylic acids is 2. The average Bonchev–Trinajstić information content (AvgIpc) is 2.90. The monoisotopic (exact) mass is 607 g/mol. The number of carboxylic acid groups (broad SMARTS) is 2. The van der Waals surface area contributed by atoms with Gasteiger partial charge in [-0.3, -0.25) is 0 Å². The minimum atomic E-state index is -3.29. The van der Waals surface area contributed by atoms with E-state index in [4.69, 9.17) is 26.6 Å². The number of fused-ring (bicyclic) bond motifs is 1. The highest BCUT2D eigenvalue weighted by Gasteiger charge is 2.47. The number of hydrogen-bond donors (Lipinski definition) is 4. The van der Waals surface area contributed by atoms with Gasteiger partial charge in [-0.15, -0.1) is 0 Å². The maximum absolute atomic E-state index is 12.1. The topological polar surface area (TPSA) is 145 Å².